The summed E-state index contributed by atoms with van der Waals surface area (Å²) in [7, 11) is 0. The van der Waals surface area contributed by atoms with E-state index >= 15 is 0 Å². The van der Waals surface area contributed by atoms with Crippen LogP contribution in [0.1, 0.15) is 5.56 Å². The Morgan fingerprint density at radius 1 is 0.906 bits per heavy atom. The Bertz CT molecular complexity index is 1370. The molecule has 0 bridgehead atoms. The third kappa shape index (κ3) is 4.57. The van der Waals surface area contributed by atoms with Crippen molar-refractivity contribution >= 4 is 16.7 Å². The van der Waals surface area contributed by atoms with Crippen LogP contribution >= 0.6 is 0 Å². The molecule has 0 unspecified atom stereocenters. The van der Waals surface area contributed by atoms with Crippen LogP contribution < -0.4 is 15.1 Å². The van der Waals surface area contributed by atoms with Crippen molar-refractivity contribution in [1.82, 2.24) is 0 Å². The normalized spacial score (nSPS) is 10.5. The van der Waals surface area contributed by atoms with Crippen molar-refractivity contribution < 1.29 is 18.8 Å². The highest BCUT2D eigenvalue weighted by atomic mass is 16.6. The van der Waals surface area contributed by atoms with Crippen molar-refractivity contribution in [3.8, 4) is 28.7 Å². The number of nitriles is 1. The van der Waals surface area contributed by atoms with Gasteiger partial charge in [-0.25, -0.2) is 4.79 Å². The molecule has 158 valence electrons. The van der Waals surface area contributed by atoms with Crippen LogP contribution in [0.15, 0.2) is 82.0 Å². The standard InChI is InChI=1S/C24H16N2O6/c25-15-16-1-7-19(8-2-16)30-11-12-31-20-9-10-21-22(14-24(27)32-23(21)13-20)17-3-5-18(6-4-17)26(28)29/h1-10,13-14H,11-12H2. The van der Waals surface area contributed by atoms with Crippen LogP contribution in [0.3, 0.4) is 0 Å². The molecule has 0 N–H and O–H groups in total. The summed E-state index contributed by atoms with van der Waals surface area (Å²) in [6.45, 7) is 0.550. The second kappa shape index (κ2) is 9.02. The van der Waals surface area contributed by atoms with Gasteiger partial charge in [-0.05, 0) is 59.7 Å². The summed E-state index contributed by atoms with van der Waals surface area (Å²) in [5.74, 6) is 1.13. The molecule has 0 atom stereocenters. The van der Waals surface area contributed by atoms with Crippen molar-refractivity contribution in [2.75, 3.05) is 13.2 Å². The molecule has 0 spiro atoms. The summed E-state index contributed by atoms with van der Waals surface area (Å²) < 4.78 is 16.6. The summed E-state index contributed by atoms with van der Waals surface area (Å²) in [5, 5.41) is 20.4. The monoisotopic (exact) mass is 428 g/mol. The minimum Gasteiger partial charge on any atom is -0.490 e. The molecule has 0 saturated carbocycles. The number of benzene rings is 3. The highest BCUT2D eigenvalue weighted by Gasteiger charge is 2.11. The quantitative estimate of drug-likeness (QED) is 0.181. The number of hydrogen-bond acceptors (Lipinski definition) is 7. The van der Waals surface area contributed by atoms with E-state index in [1.54, 1.807) is 54.6 Å². The van der Waals surface area contributed by atoms with Crippen molar-refractivity contribution in [1.29, 1.82) is 5.26 Å². The van der Waals surface area contributed by atoms with Gasteiger partial charge in [0.05, 0.1) is 16.6 Å². The predicted molar refractivity (Wildman–Crippen MR) is 117 cm³/mol. The molecule has 0 amide bonds. The van der Waals surface area contributed by atoms with Crippen LogP contribution in [0.25, 0.3) is 22.1 Å². The lowest BCUT2D eigenvalue weighted by molar-refractivity contribution is -0.384. The lowest BCUT2D eigenvalue weighted by Crippen LogP contribution is -2.09. The smallest absolute Gasteiger partial charge is 0.336 e. The van der Waals surface area contributed by atoms with E-state index in [1.165, 1.54) is 18.2 Å². The average molecular weight is 428 g/mol. The molecule has 0 aliphatic heterocycles. The van der Waals surface area contributed by atoms with Crippen LogP contribution in [0, 0.1) is 21.4 Å². The third-order valence-corrected chi connectivity index (χ3v) is 4.71. The molecular weight excluding hydrogens is 412 g/mol. The van der Waals surface area contributed by atoms with E-state index in [0.717, 1.165) is 0 Å². The summed E-state index contributed by atoms with van der Waals surface area (Å²) in [4.78, 5) is 22.5. The Kier molecular flexibility index (Phi) is 5.81. The molecule has 4 aromatic rings. The molecule has 32 heavy (non-hydrogen) atoms. The number of hydrogen-bond donors (Lipinski definition) is 0. The average Bonchev–Trinajstić information content (AvgIpc) is 2.81. The summed E-state index contributed by atoms with van der Waals surface area (Å²) >= 11 is 0. The Morgan fingerprint density at radius 2 is 1.56 bits per heavy atom. The Labute approximate surface area is 182 Å². The summed E-state index contributed by atoms with van der Waals surface area (Å²) in [6.07, 6.45) is 0. The molecule has 8 heteroatoms. The zero-order valence-corrected chi connectivity index (χ0v) is 16.7. The minimum absolute atomic E-state index is 0.0278. The molecule has 1 aromatic heterocycles. The van der Waals surface area contributed by atoms with Crippen LogP contribution in [0.2, 0.25) is 0 Å². The first-order valence-corrected chi connectivity index (χ1v) is 9.62. The lowest BCUT2D eigenvalue weighted by Gasteiger charge is -2.10. The molecule has 0 fully saturated rings. The molecule has 0 saturated heterocycles. The number of rotatable bonds is 7. The third-order valence-electron chi connectivity index (χ3n) is 4.71. The molecular formula is C24H16N2O6. The van der Waals surface area contributed by atoms with Gasteiger partial charge in [0.1, 0.15) is 30.3 Å². The van der Waals surface area contributed by atoms with E-state index in [2.05, 4.69) is 0 Å². The maximum absolute atomic E-state index is 12.1. The van der Waals surface area contributed by atoms with E-state index in [4.69, 9.17) is 19.2 Å². The first kappa shape index (κ1) is 20.6. The van der Waals surface area contributed by atoms with Gasteiger partial charge in [-0.3, -0.25) is 10.1 Å². The van der Waals surface area contributed by atoms with Crippen molar-refractivity contribution in [2.45, 2.75) is 0 Å². The number of nitro benzene ring substituents is 1. The second-order valence-corrected chi connectivity index (χ2v) is 6.77. The van der Waals surface area contributed by atoms with E-state index in [9.17, 15) is 14.9 Å². The fraction of sp³-hybridized carbons (Fsp3) is 0.0833. The van der Waals surface area contributed by atoms with Gasteiger partial charge < -0.3 is 13.9 Å². The Hall–Kier alpha value is -4.64. The Morgan fingerprint density at radius 3 is 2.22 bits per heavy atom. The lowest BCUT2D eigenvalue weighted by atomic mass is 10.0. The number of nitro groups is 1. The fourth-order valence-electron chi connectivity index (χ4n) is 3.18. The van der Waals surface area contributed by atoms with E-state index < -0.39 is 10.5 Å². The second-order valence-electron chi connectivity index (χ2n) is 6.77. The highest BCUT2D eigenvalue weighted by molar-refractivity contribution is 5.93. The van der Waals surface area contributed by atoms with Gasteiger partial charge in [-0.2, -0.15) is 5.26 Å². The number of ether oxygens (including phenoxy) is 2. The van der Waals surface area contributed by atoms with Crippen LogP contribution in [-0.2, 0) is 0 Å². The highest BCUT2D eigenvalue weighted by Crippen LogP contribution is 2.30. The topological polar surface area (TPSA) is 116 Å². The number of non-ortho nitro benzene ring substituents is 1. The summed E-state index contributed by atoms with van der Waals surface area (Å²) in [5.41, 5.74) is 1.61. The molecule has 0 aliphatic rings. The van der Waals surface area contributed by atoms with E-state index in [-0.39, 0.29) is 18.9 Å². The molecule has 4 rings (SSSR count). The van der Waals surface area contributed by atoms with Gasteiger partial charge >= 0.3 is 5.63 Å². The first-order valence-electron chi connectivity index (χ1n) is 9.62. The van der Waals surface area contributed by atoms with Crippen molar-refractivity contribution in [3.05, 3.63) is 98.9 Å². The van der Waals surface area contributed by atoms with E-state index in [0.29, 0.717) is 39.2 Å². The SMILES string of the molecule is N#Cc1ccc(OCCOc2ccc3c(-c4ccc([N+](=O)[O-])cc4)cc(=O)oc3c2)cc1. The largest absolute Gasteiger partial charge is 0.490 e. The van der Waals surface area contributed by atoms with Gasteiger partial charge in [0.15, 0.2) is 0 Å². The van der Waals surface area contributed by atoms with Crippen LogP contribution in [0.4, 0.5) is 5.69 Å². The molecule has 0 radical (unpaired) electrons. The number of nitrogens with zero attached hydrogens (tertiary/aromatic N) is 2. The molecule has 0 aliphatic carbocycles. The van der Waals surface area contributed by atoms with Gasteiger partial charge in [0.2, 0.25) is 0 Å². The minimum atomic E-state index is -0.535. The van der Waals surface area contributed by atoms with Gasteiger partial charge in [0.25, 0.3) is 5.69 Å². The van der Waals surface area contributed by atoms with E-state index in [1.807, 2.05) is 6.07 Å². The maximum atomic E-state index is 12.1. The zero-order valence-electron chi connectivity index (χ0n) is 16.7. The van der Waals surface area contributed by atoms with Gasteiger partial charge in [-0.15, -0.1) is 0 Å². The van der Waals surface area contributed by atoms with Crippen LogP contribution in [-0.4, -0.2) is 18.1 Å². The van der Waals surface area contributed by atoms with Gasteiger partial charge in [0, 0.05) is 29.7 Å². The summed E-state index contributed by atoms with van der Waals surface area (Å²) in [6, 6.07) is 21.3. The molecule has 3 aromatic carbocycles. The Balaban J connectivity index is 1.48. The molecule has 1 heterocycles. The predicted octanol–water partition coefficient (Wildman–Crippen LogP) is 4.70. The van der Waals surface area contributed by atoms with Crippen molar-refractivity contribution in [2.24, 2.45) is 0 Å². The number of fused-ring (bicyclic) bond motifs is 1. The fourth-order valence-corrected chi connectivity index (χ4v) is 3.18. The van der Waals surface area contributed by atoms with Gasteiger partial charge in [-0.1, -0.05) is 0 Å². The zero-order chi connectivity index (χ0) is 22.5. The van der Waals surface area contributed by atoms with Crippen LogP contribution in [0.5, 0.6) is 11.5 Å². The first-order chi connectivity index (χ1) is 15.5. The molecule has 8 nitrogen and oxygen atoms in total. The maximum Gasteiger partial charge on any atom is 0.336 e. The van der Waals surface area contributed by atoms with Crippen molar-refractivity contribution in [3.63, 3.8) is 0 Å².